The summed E-state index contributed by atoms with van der Waals surface area (Å²) in [5.41, 5.74) is 0.142. The number of phenolic OH excluding ortho intramolecular Hbond substituents is 1. The van der Waals surface area contributed by atoms with Crippen LogP contribution in [-0.2, 0) is 14.3 Å². The van der Waals surface area contributed by atoms with E-state index in [9.17, 15) is 14.7 Å². The van der Waals surface area contributed by atoms with Crippen LogP contribution >= 0.6 is 0 Å². The first-order valence-electron chi connectivity index (χ1n) is 11.7. The molecule has 0 aliphatic carbocycles. The van der Waals surface area contributed by atoms with Crippen molar-refractivity contribution in [3.05, 3.63) is 42.3 Å². The molecule has 4 rings (SSSR count). The minimum Gasteiger partial charge on any atom is -0.508 e. The number of nitrogens with zero attached hydrogens (tertiary/aromatic N) is 3. The molecule has 1 fully saturated rings. The van der Waals surface area contributed by atoms with Gasteiger partial charge in [0.1, 0.15) is 17.2 Å². The van der Waals surface area contributed by atoms with Crippen molar-refractivity contribution < 1.29 is 28.6 Å². The molecule has 0 unspecified atom stereocenters. The van der Waals surface area contributed by atoms with Crippen molar-refractivity contribution in [2.75, 3.05) is 24.6 Å². The molecule has 1 aromatic carbocycles. The maximum Gasteiger partial charge on any atom is 0.419 e. The third-order valence-electron chi connectivity index (χ3n) is 5.91. The Morgan fingerprint density at radius 1 is 1.14 bits per heavy atom. The van der Waals surface area contributed by atoms with Crippen molar-refractivity contribution in [3.8, 4) is 17.0 Å². The maximum absolute atomic E-state index is 15.4. The van der Waals surface area contributed by atoms with Crippen LogP contribution in [0.5, 0.6) is 5.75 Å². The van der Waals surface area contributed by atoms with Gasteiger partial charge >= 0.3 is 12.1 Å². The molecule has 0 spiro atoms. The van der Waals surface area contributed by atoms with Gasteiger partial charge in [0, 0.05) is 18.5 Å². The van der Waals surface area contributed by atoms with Crippen LogP contribution in [0.1, 0.15) is 40.5 Å². The molecule has 9 heteroatoms. The van der Waals surface area contributed by atoms with E-state index in [1.165, 1.54) is 16.7 Å². The fourth-order valence-corrected chi connectivity index (χ4v) is 4.30. The number of carbonyl (C=O) groups is 2. The summed E-state index contributed by atoms with van der Waals surface area (Å²) in [5.74, 6) is -0.581. The number of aromatic hydroxyl groups is 1. The Labute approximate surface area is 203 Å². The van der Waals surface area contributed by atoms with Crippen LogP contribution in [0, 0.1) is 11.9 Å². The molecule has 2 aromatic heterocycles. The van der Waals surface area contributed by atoms with Crippen LogP contribution in [0.25, 0.3) is 22.2 Å². The molecule has 35 heavy (non-hydrogen) atoms. The molecule has 0 radical (unpaired) electrons. The van der Waals surface area contributed by atoms with Gasteiger partial charge in [-0.05, 0) is 76.9 Å². The Kier molecular flexibility index (Phi) is 6.69. The summed E-state index contributed by atoms with van der Waals surface area (Å²) < 4.78 is 27.3. The lowest BCUT2D eigenvalue weighted by Crippen LogP contribution is -2.37. The number of esters is 1. The van der Waals surface area contributed by atoms with Gasteiger partial charge in [-0.25, -0.2) is 14.3 Å². The molecule has 0 atom stereocenters. The average molecular weight is 484 g/mol. The molecule has 0 amide bonds. The van der Waals surface area contributed by atoms with Gasteiger partial charge in [-0.3, -0.25) is 4.79 Å². The molecule has 3 heterocycles. The number of ether oxygens (including phenoxy) is 2. The lowest BCUT2D eigenvalue weighted by Gasteiger charge is -2.31. The quantitative estimate of drug-likeness (QED) is 0.407. The van der Waals surface area contributed by atoms with E-state index < -0.39 is 17.6 Å². The Bertz CT molecular complexity index is 1260. The first kappa shape index (κ1) is 24.5. The fraction of sp³-hybridized carbons (Fsp3) is 0.423. The van der Waals surface area contributed by atoms with E-state index in [0.717, 1.165) is 0 Å². The fourth-order valence-electron chi connectivity index (χ4n) is 4.30. The Morgan fingerprint density at radius 2 is 1.86 bits per heavy atom. The summed E-state index contributed by atoms with van der Waals surface area (Å²) in [6.45, 7) is 8.52. The van der Waals surface area contributed by atoms with E-state index in [0.29, 0.717) is 49.3 Å². The van der Waals surface area contributed by atoms with E-state index in [4.69, 9.17) is 9.47 Å². The molecule has 0 bridgehead atoms. The second-order valence-electron chi connectivity index (χ2n) is 9.61. The zero-order chi connectivity index (χ0) is 25.3. The van der Waals surface area contributed by atoms with Gasteiger partial charge in [0.25, 0.3) is 0 Å². The van der Waals surface area contributed by atoms with Crippen LogP contribution in [-0.4, -0.2) is 52.0 Å². The van der Waals surface area contributed by atoms with E-state index in [1.807, 2.05) is 4.90 Å². The Morgan fingerprint density at radius 3 is 2.49 bits per heavy atom. The zero-order valence-corrected chi connectivity index (χ0v) is 20.4. The number of piperidine rings is 1. The van der Waals surface area contributed by atoms with Crippen molar-refractivity contribution >= 4 is 28.8 Å². The minimum atomic E-state index is -0.752. The maximum atomic E-state index is 15.4. The van der Waals surface area contributed by atoms with Crippen molar-refractivity contribution in [3.63, 3.8) is 0 Å². The number of hydrogen-bond acceptors (Lipinski definition) is 7. The third-order valence-corrected chi connectivity index (χ3v) is 5.91. The van der Waals surface area contributed by atoms with Gasteiger partial charge in [0.15, 0.2) is 0 Å². The third kappa shape index (κ3) is 5.23. The highest BCUT2D eigenvalue weighted by Crippen LogP contribution is 2.33. The number of benzene rings is 1. The number of hydrogen-bond donors (Lipinski definition) is 1. The van der Waals surface area contributed by atoms with Gasteiger partial charge in [0.05, 0.1) is 29.3 Å². The highest BCUT2D eigenvalue weighted by molar-refractivity contribution is 5.96. The minimum absolute atomic E-state index is 0.0329. The first-order chi connectivity index (χ1) is 16.6. The predicted octanol–water partition coefficient (Wildman–Crippen LogP) is 5.11. The average Bonchev–Trinajstić information content (AvgIpc) is 3.16. The highest BCUT2D eigenvalue weighted by Gasteiger charge is 2.28. The number of rotatable bonds is 4. The van der Waals surface area contributed by atoms with Gasteiger partial charge < -0.3 is 19.5 Å². The largest absolute Gasteiger partial charge is 0.508 e. The number of pyridine rings is 1. The Hall–Kier alpha value is -3.62. The molecule has 186 valence electrons. The SMILES string of the molecule is CCOC(=O)C1CCN(c2ccc(-c3cc4cc(O)ccc4n3C(=O)OC(C)(C)C)c(F)n2)CC1. The number of halogens is 1. The van der Waals surface area contributed by atoms with E-state index >= 15 is 4.39 Å². The highest BCUT2D eigenvalue weighted by atomic mass is 19.1. The summed E-state index contributed by atoms with van der Waals surface area (Å²) in [7, 11) is 0. The monoisotopic (exact) mass is 483 g/mol. The van der Waals surface area contributed by atoms with Crippen LogP contribution in [0.2, 0.25) is 0 Å². The van der Waals surface area contributed by atoms with Crippen molar-refractivity contribution in [1.29, 1.82) is 0 Å². The molecule has 1 saturated heterocycles. The van der Waals surface area contributed by atoms with Gasteiger partial charge in [-0.15, -0.1) is 0 Å². The number of phenols is 1. The van der Waals surface area contributed by atoms with E-state index in [2.05, 4.69) is 4.98 Å². The molecule has 1 N–H and O–H groups in total. The van der Waals surface area contributed by atoms with Crippen LogP contribution in [0.15, 0.2) is 36.4 Å². The zero-order valence-electron chi connectivity index (χ0n) is 20.4. The van der Waals surface area contributed by atoms with Crippen molar-refractivity contribution in [1.82, 2.24) is 9.55 Å². The number of anilines is 1. The number of carbonyl (C=O) groups excluding carboxylic acids is 2. The van der Waals surface area contributed by atoms with E-state index in [-0.39, 0.29) is 28.9 Å². The molecule has 0 saturated carbocycles. The van der Waals surface area contributed by atoms with Gasteiger partial charge in [0.2, 0.25) is 5.95 Å². The molecule has 8 nitrogen and oxygen atoms in total. The van der Waals surface area contributed by atoms with E-state index in [1.54, 1.807) is 52.0 Å². The van der Waals surface area contributed by atoms with Crippen LogP contribution < -0.4 is 4.90 Å². The summed E-state index contributed by atoms with van der Waals surface area (Å²) in [6.07, 6.45) is 0.568. The lowest BCUT2D eigenvalue weighted by molar-refractivity contribution is -0.148. The van der Waals surface area contributed by atoms with Gasteiger partial charge in [-0.2, -0.15) is 4.39 Å². The summed E-state index contributed by atoms with van der Waals surface area (Å²) in [4.78, 5) is 31.2. The number of aromatic nitrogens is 2. The van der Waals surface area contributed by atoms with Crippen LogP contribution in [0.3, 0.4) is 0 Å². The molecule has 3 aromatic rings. The van der Waals surface area contributed by atoms with Gasteiger partial charge in [-0.1, -0.05) is 0 Å². The molecular formula is C26H30FN3O5. The second-order valence-corrected chi connectivity index (χ2v) is 9.61. The second kappa shape index (κ2) is 9.56. The topological polar surface area (TPSA) is 93.9 Å². The Balaban J connectivity index is 1.65. The molecule has 1 aliphatic rings. The van der Waals surface area contributed by atoms with Crippen molar-refractivity contribution in [2.24, 2.45) is 5.92 Å². The smallest absolute Gasteiger partial charge is 0.419 e. The normalized spacial score (nSPS) is 14.8. The number of fused-ring (bicyclic) bond motifs is 1. The summed E-state index contributed by atoms with van der Waals surface area (Å²) >= 11 is 0. The standard InChI is InChI=1S/C26H30FN3O5/c1-5-34-24(32)16-10-12-29(13-11-16)22-9-7-19(23(27)28-22)21-15-17-14-18(31)6-8-20(17)30(21)25(33)35-26(2,3)4/h6-9,14-16,31H,5,10-13H2,1-4H3. The molecule has 1 aliphatic heterocycles. The van der Waals surface area contributed by atoms with Crippen LogP contribution in [0.4, 0.5) is 15.0 Å². The summed E-state index contributed by atoms with van der Waals surface area (Å²) in [5, 5.41) is 10.5. The first-order valence-corrected chi connectivity index (χ1v) is 11.7. The summed E-state index contributed by atoms with van der Waals surface area (Å²) in [6, 6.07) is 9.48. The lowest BCUT2D eigenvalue weighted by atomic mass is 9.97. The predicted molar refractivity (Wildman–Crippen MR) is 130 cm³/mol. The van der Waals surface area contributed by atoms with Crippen molar-refractivity contribution in [2.45, 2.75) is 46.1 Å². The molecular weight excluding hydrogens is 453 g/mol.